The van der Waals surface area contributed by atoms with Crippen LogP contribution in [0.25, 0.3) is 0 Å². The number of halogens is 4. The molecule has 0 saturated carbocycles. The van der Waals surface area contributed by atoms with E-state index in [1.54, 1.807) is 4.90 Å². The zero-order chi connectivity index (χ0) is 16.1. The standard InChI is InChI=1S/C15H19Cl2FN2O2.ClH/c16-12-9-13(17)14(18)8-11(12)15(21)20-5-2-10(3-6-20)22-7-1-4-19;/h8-10H,1-7,19H2;1H. The third-order valence-corrected chi connectivity index (χ3v) is 4.27. The van der Waals surface area contributed by atoms with Crippen molar-refractivity contribution in [2.75, 3.05) is 26.2 Å². The van der Waals surface area contributed by atoms with Crippen LogP contribution >= 0.6 is 35.6 Å². The molecule has 1 aromatic carbocycles. The monoisotopic (exact) mass is 384 g/mol. The van der Waals surface area contributed by atoms with Crippen molar-refractivity contribution < 1.29 is 13.9 Å². The molecule has 0 unspecified atom stereocenters. The first kappa shape index (κ1) is 20.5. The van der Waals surface area contributed by atoms with Gasteiger partial charge in [-0.15, -0.1) is 12.4 Å². The molecule has 0 radical (unpaired) electrons. The highest BCUT2D eigenvalue weighted by Gasteiger charge is 2.26. The molecule has 1 aliphatic rings. The molecule has 8 heteroatoms. The van der Waals surface area contributed by atoms with Gasteiger partial charge in [-0.1, -0.05) is 23.2 Å². The lowest BCUT2D eigenvalue weighted by molar-refractivity contribution is 0.00844. The van der Waals surface area contributed by atoms with E-state index in [0.29, 0.717) is 26.2 Å². The predicted molar refractivity (Wildman–Crippen MR) is 92.2 cm³/mol. The molecular weight excluding hydrogens is 366 g/mol. The zero-order valence-electron chi connectivity index (χ0n) is 12.6. The Morgan fingerprint density at radius 2 is 1.96 bits per heavy atom. The molecule has 2 N–H and O–H groups in total. The third kappa shape index (κ3) is 5.47. The Morgan fingerprint density at radius 3 is 2.57 bits per heavy atom. The Bertz CT molecular complexity index is 538. The largest absolute Gasteiger partial charge is 0.378 e. The van der Waals surface area contributed by atoms with Crippen LogP contribution in [0.15, 0.2) is 12.1 Å². The van der Waals surface area contributed by atoms with Crippen LogP contribution < -0.4 is 5.73 Å². The summed E-state index contributed by atoms with van der Waals surface area (Å²) in [5, 5.41) is 0.0753. The Labute approximate surface area is 151 Å². The predicted octanol–water partition coefficient (Wildman–Crippen LogP) is 3.52. The van der Waals surface area contributed by atoms with Gasteiger partial charge in [-0.2, -0.15) is 0 Å². The molecule has 0 aromatic heterocycles. The minimum atomic E-state index is -0.644. The lowest BCUT2D eigenvalue weighted by Gasteiger charge is -2.32. The lowest BCUT2D eigenvalue weighted by atomic mass is 10.1. The highest BCUT2D eigenvalue weighted by Crippen LogP contribution is 2.26. The third-order valence-electron chi connectivity index (χ3n) is 3.67. The number of carbonyl (C=O) groups is 1. The van der Waals surface area contributed by atoms with Crippen molar-refractivity contribution in [1.29, 1.82) is 0 Å². The summed E-state index contributed by atoms with van der Waals surface area (Å²) < 4.78 is 19.2. The molecule has 1 fully saturated rings. The van der Waals surface area contributed by atoms with Crippen LogP contribution in [0.1, 0.15) is 29.6 Å². The molecule has 0 atom stereocenters. The van der Waals surface area contributed by atoms with Crippen molar-refractivity contribution in [3.63, 3.8) is 0 Å². The van der Waals surface area contributed by atoms with E-state index < -0.39 is 5.82 Å². The van der Waals surface area contributed by atoms with E-state index in [1.807, 2.05) is 0 Å². The number of carbonyl (C=O) groups excluding carboxylic acids is 1. The average Bonchev–Trinajstić information content (AvgIpc) is 2.51. The summed E-state index contributed by atoms with van der Waals surface area (Å²) in [7, 11) is 0. The van der Waals surface area contributed by atoms with Gasteiger partial charge in [0.1, 0.15) is 5.82 Å². The minimum absolute atomic E-state index is 0. The Kier molecular flexibility index (Phi) is 8.58. The average molecular weight is 386 g/mol. The number of piperidine rings is 1. The van der Waals surface area contributed by atoms with Crippen LogP contribution in [0.3, 0.4) is 0 Å². The molecule has 1 amide bonds. The van der Waals surface area contributed by atoms with Gasteiger partial charge >= 0.3 is 0 Å². The summed E-state index contributed by atoms with van der Waals surface area (Å²) in [6, 6.07) is 2.35. The SMILES string of the molecule is Cl.NCCCOC1CCN(C(=O)c2cc(F)c(Cl)cc2Cl)CC1. The summed E-state index contributed by atoms with van der Waals surface area (Å²) in [6.07, 6.45) is 2.49. The van der Waals surface area contributed by atoms with Gasteiger partial charge in [0.25, 0.3) is 5.91 Å². The normalized spacial score (nSPS) is 15.4. The molecule has 1 aliphatic heterocycles. The molecule has 1 aromatic rings. The number of ether oxygens (including phenoxy) is 1. The van der Waals surface area contributed by atoms with Gasteiger partial charge < -0.3 is 15.4 Å². The fourth-order valence-corrected chi connectivity index (χ4v) is 2.88. The highest BCUT2D eigenvalue weighted by molar-refractivity contribution is 6.36. The van der Waals surface area contributed by atoms with Crippen LogP contribution in [0, 0.1) is 5.82 Å². The van der Waals surface area contributed by atoms with Gasteiger partial charge in [0.15, 0.2) is 0 Å². The fraction of sp³-hybridized carbons (Fsp3) is 0.533. The maximum Gasteiger partial charge on any atom is 0.255 e. The smallest absolute Gasteiger partial charge is 0.255 e. The molecule has 2 rings (SSSR count). The Balaban J connectivity index is 0.00000264. The van der Waals surface area contributed by atoms with E-state index in [1.165, 1.54) is 6.07 Å². The second-order valence-electron chi connectivity index (χ2n) is 5.25. The summed E-state index contributed by atoms with van der Waals surface area (Å²) in [5.41, 5.74) is 5.57. The number of amides is 1. The fourth-order valence-electron chi connectivity index (χ4n) is 2.42. The first-order chi connectivity index (χ1) is 10.5. The number of nitrogens with zero attached hydrogens (tertiary/aromatic N) is 1. The number of rotatable bonds is 5. The van der Waals surface area contributed by atoms with Gasteiger partial charge in [0.2, 0.25) is 0 Å². The zero-order valence-corrected chi connectivity index (χ0v) is 14.9. The van der Waals surface area contributed by atoms with Crippen LogP contribution in [0.5, 0.6) is 0 Å². The van der Waals surface area contributed by atoms with Crippen LogP contribution in [-0.4, -0.2) is 43.2 Å². The minimum Gasteiger partial charge on any atom is -0.378 e. The molecule has 0 aliphatic carbocycles. The molecule has 130 valence electrons. The summed E-state index contributed by atoms with van der Waals surface area (Å²) in [6.45, 7) is 2.38. The number of benzene rings is 1. The van der Waals surface area contributed by atoms with E-state index in [4.69, 9.17) is 33.7 Å². The number of hydrogen-bond acceptors (Lipinski definition) is 3. The lowest BCUT2D eigenvalue weighted by Crippen LogP contribution is -2.41. The molecule has 0 spiro atoms. The molecule has 4 nitrogen and oxygen atoms in total. The number of nitrogens with two attached hydrogens (primary N) is 1. The molecule has 1 saturated heterocycles. The van der Waals surface area contributed by atoms with Crippen molar-refractivity contribution >= 4 is 41.5 Å². The first-order valence-corrected chi connectivity index (χ1v) is 8.04. The van der Waals surface area contributed by atoms with Crippen molar-refractivity contribution in [3.8, 4) is 0 Å². The van der Waals surface area contributed by atoms with E-state index in [9.17, 15) is 9.18 Å². The van der Waals surface area contributed by atoms with Crippen molar-refractivity contribution in [2.45, 2.75) is 25.4 Å². The molecule has 0 bridgehead atoms. The first-order valence-electron chi connectivity index (χ1n) is 7.28. The van der Waals surface area contributed by atoms with E-state index in [0.717, 1.165) is 25.3 Å². The van der Waals surface area contributed by atoms with E-state index >= 15 is 0 Å². The molecule has 23 heavy (non-hydrogen) atoms. The van der Waals surface area contributed by atoms with Gasteiger partial charge in [0, 0.05) is 19.7 Å². The summed E-state index contributed by atoms with van der Waals surface area (Å²) >= 11 is 11.6. The Morgan fingerprint density at radius 1 is 1.30 bits per heavy atom. The molecular formula is C15H20Cl3FN2O2. The van der Waals surface area contributed by atoms with Gasteiger partial charge in [-0.3, -0.25) is 4.79 Å². The highest BCUT2D eigenvalue weighted by atomic mass is 35.5. The second kappa shape index (κ2) is 9.64. The second-order valence-corrected chi connectivity index (χ2v) is 6.07. The van der Waals surface area contributed by atoms with Gasteiger partial charge in [-0.25, -0.2) is 4.39 Å². The number of likely N-dealkylation sites (tertiary alicyclic amines) is 1. The van der Waals surface area contributed by atoms with Crippen LogP contribution in [-0.2, 0) is 4.74 Å². The quantitative estimate of drug-likeness (QED) is 0.623. The maximum absolute atomic E-state index is 13.5. The van der Waals surface area contributed by atoms with Crippen molar-refractivity contribution in [3.05, 3.63) is 33.6 Å². The van der Waals surface area contributed by atoms with E-state index in [2.05, 4.69) is 0 Å². The van der Waals surface area contributed by atoms with Crippen molar-refractivity contribution in [2.24, 2.45) is 5.73 Å². The molecule has 1 heterocycles. The maximum atomic E-state index is 13.5. The van der Waals surface area contributed by atoms with Gasteiger partial charge in [0.05, 0.1) is 21.7 Å². The Hall–Kier alpha value is -0.590. The number of hydrogen-bond donors (Lipinski definition) is 1. The summed E-state index contributed by atoms with van der Waals surface area (Å²) in [5.74, 6) is -0.921. The summed E-state index contributed by atoms with van der Waals surface area (Å²) in [4.78, 5) is 14.1. The van der Waals surface area contributed by atoms with E-state index in [-0.39, 0.29) is 40.0 Å². The topological polar surface area (TPSA) is 55.6 Å². The van der Waals surface area contributed by atoms with Gasteiger partial charge in [-0.05, 0) is 37.9 Å². The van der Waals surface area contributed by atoms with Crippen LogP contribution in [0.4, 0.5) is 4.39 Å². The van der Waals surface area contributed by atoms with Crippen LogP contribution in [0.2, 0.25) is 10.0 Å². The van der Waals surface area contributed by atoms with Crippen molar-refractivity contribution in [1.82, 2.24) is 4.90 Å².